The minimum absolute atomic E-state index is 0.0902. The summed E-state index contributed by atoms with van der Waals surface area (Å²) in [7, 11) is 0. The van der Waals surface area contributed by atoms with E-state index in [1.54, 1.807) is 6.92 Å². The monoisotopic (exact) mass is 358 g/mol. The highest BCUT2D eigenvalue weighted by atomic mass is 16.5. The molecule has 1 atom stereocenters. The molecule has 6 nitrogen and oxygen atoms in total. The van der Waals surface area contributed by atoms with Crippen LogP contribution in [0.15, 0.2) is 30.3 Å². The summed E-state index contributed by atoms with van der Waals surface area (Å²) >= 11 is 0. The average Bonchev–Trinajstić information content (AvgIpc) is 2.95. The molecule has 2 heterocycles. The zero-order valence-corrected chi connectivity index (χ0v) is 15.2. The van der Waals surface area contributed by atoms with Crippen LogP contribution in [0.25, 0.3) is 0 Å². The van der Waals surface area contributed by atoms with Gasteiger partial charge in [0.2, 0.25) is 11.8 Å². The number of hydrogen-bond acceptors (Lipinski definition) is 5. The van der Waals surface area contributed by atoms with E-state index in [2.05, 4.69) is 4.90 Å². The van der Waals surface area contributed by atoms with Gasteiger partial charge in [0.1, 0.15) is 0 Å². The van der Waals surface area contributed by atoms with Gasteiger partial charge < -0.3 is 4.74 Å². The van der Waals surface area contributed by atoms with Crippen LogP contribution in [-0.4, -0.2) is 59.9 Å². The summed E-state index contributed by atoms with van der Waals surface area (Å²) in [5.74, 6) is -0.429. The Morgan fingerprint density at radius 1 is 1.15 bits per heavy atom. The number of nitrogens with zero attached hydrogens (tertiary/aromatic N) is 2. The molecule has 2 fully saturated rings. The molecule has 0 N–H and O–H groups in total. The Kier molecular flexibility index (Phi) is 6.04. The van der Waals surface area contributed by atoms with Crippen molar-refractivity contribution < 1.29 is 19.1 Å². The van der Waals surface area contributed by atoms with Crippen LogP contribution in [0.3, 0.4) is 0 Å². The molecule has 2 amide bonds. The summed E-state index contributed by atoms with van der Waals surface area (Å²) in [6, 6.07) is 9.50. The third-order valence-electron chi connectivity index (χ3n) is 5.28. The van der Waals surface area contributed by atoms with Crippen molar-refractivity contribution in [2.75, 3.05) is 26.2 Å². The Hall–Kier alpha value is -2.21. The summed E-state index contributed by atoms with van der Waals surface area (Å²) in [6.07, 6.45) is 2.29. The molecule has 2 aliphatic rings. The number of esters is 1. The largest absolute Gasteiger partial charge is 0.466 e. The fourth-order valence-corrected chi connectivity index (χ4v) is 3.78. The van der Waals surface area contributed by atoms with Gasteiger partial charge in [-0.05, 0) is 44.8 Å². The van der Waals surface area contributed by atoms with Gasteiger partial charge in [0.25, 0.3) is 0 Å². The van der Waals surface area contributed by atoms with E-state index in [1.165, 1.54) is 4.90 Å². The molecule has 0 aliphatic carbocycles. The van der Waals surface area contributed by atoms with E-state index in [0.717, 1.165) is 5.56 Å². The summed E-state index contributed by atoms with van der Waals surface area (Å²) in [6.45, 7) is 3.93. The molecule has 0 bridgehead atoms. The highest BCUT2D eigenvalue weighted by Crippen LogP contribution is 2.26. The van der Waals surface area contributed by atoms with Crippen molar-refractivity contribution in [3.05, 3.63) is 35.9 Å². The van der Waals surface area contributed by atoms with E-state index in [1.807, 2.05) is 30.3 Å². The van der Waals surface area contributed by atoms with Gasteiger partial charge in [-0.15, -0.1) is 0 Å². The molecule has 3 rings (SSSR count). The van der Waals surface area contributed by atoms with Gasteiger partial charge in [0.05, 0.1) is 25.0 Å². The van der Waals surface area contributed by atoms with Crippen LogP contribution in [0.5, 0.6) is 0 Å². The molecule has 0 spiro atoms. The minimum Gasteiger partial charge on any atom is -0.466 e. The van der Waals surface area contributed by atoms with Crippen LogP contribution in [0.4, 0.5) is 0 Å². The number of piperidine rings is 1. The Balaban J connectivity index is 1.53. The zero-order valence-electron chi connectivity index (χ0n) is 15.2. The first-order valence-corrected chi connectivity index (χ1v) is 9.39. The number of rotatable bonds is 6. The number of likely N-dealkylation sites (tertiary alicyclic amines) is 2. The number of ether oxygens (including phenoxy) is 1. The van der Waals surface area contributed by atoms with Crippen molar-refractivity contribution in [3.63, 3.8) is 0 Å². The lowest BCUT2D eigenvalue weighted by atomic mass is 9.95. The molecule has 1 aromatic carbocycles. The molecule has 2 saturated heterocycles. The molecular formula is C20H26N2O4. The molecule has 0 aromatic heterocycles. The molecular weight excluding hydrogens is 332 g/mol. The number of carbonyl (C=O) groups excluding carboxylic acids is 3. The van der Waals surface area contributed by atoms with Crippen molar-refractivity contribution in [2.24, 2.45) is 5.92 Å². The summed E-state index contributed by atoms with van der Waals surface area (Å²) in [5, 5.41) is 0. The number of hydrogen-bond donors (Lipinski definition) is 0. The summed E-state index contributed by atoms with van der Waals surface area (Å²) < 4.78 is 5.08. The Labute approximate surface area is 154 Å². The van der Waals surface area contributed by atoms with Gasteiger partial charge in [-0.1, -0.05) is 30.3 Å². The highest BCUT2D eigenvalue weighted by molar-refractivity contribution is 6.05. The van der Waals surface area contributed by atoms with Gasteiger partial charge >= 0.3 is 5.97 Å². The molecule has 26 heavy (non-hydrogen) atoms. The van der Waals surface area contributed by atoms with Crippen LogP contribution in [-0.2, 0) is 25.5 Å². The van der Waals surface area contributed by atoms with Crippen molar-refractivity contribution in [1.29, 1.82) is 0 Å². The third-order valence-corrected chi connectivity index (χ3v) is 5.28. The fraction of sp³-hybridized carbons (Fsp3) is 0.550. The molecule has 1 aromatic rings. The maximum absolute atomic E-state index is 12.7. The van der Waals surface area contributed by atoms with Crippen molar-refractivity contribution in [1.82, 2.24) is 9.80 Å². The van der Waals surface area contributed by atoms with Gasteiger partial charge in [-0.25, -0.2) is 0 Å². The first-order chi connectivity index (χ1) is 12.6. The summed E-state index contributed by atoms with van der Waals surface area (Å²) in [4.78, 5) is 40.3. The van der Waals surface area contributed by atoms with E-state index < -0.39 is 0 Å². The molecule has 6 heteroatoms. The lowest BCUT2D eigenvalue weighted by molar-refractivity contribution is -0.150. The third kappa shape index (κ3) is 4.12. The predicted molar refractivity (Wildman–Crippen MR) is 96.2 cm³/mol. The van der Waals surface area contributed by atoms with Crippen LogP contribution in [0, 0.1) is 5.92 Å². The smallest absolute Gasteiger partial charge is 0.309 e. The molecule has 1 unspecified atom stereocenters. The van der Waals surface area contributed by atoms with Gasteiger partial charge in [-0.3, -0.25) is 24.2 Å². The first kappa shape index (κ1) is 18.6. The van der Waals surface area contributed by atoms with E-state index in [9.17, 15) is 14.4 Å². The Morgan fingerprint density at radius 3 is 2.50 bits per heavy atom. The predicted octanol–water partition coefficient (Wildman–Crippen LogP) is 1.63. The minimum atomic E-state index is -0.374. The van der Waals surface area contributed by atoms with Gasteiger partial charge in [0.15, 0.2) is 0 Å². The number of imide groups is 1. The Morgan fingerprint density at radius 2 is 1.85 bits per heavy atom. The molecule has 2 aliphatic heterocycles. The first-order valence-electron chi connectivity index (χ1n) is 9.39. The number of benzene rings is 1. The number of amides is 2. The fourth-order valence-electron chi connectivity index (χ4n) is 3.78. The lowest BCUT2D eigenvalue weighted by Gasteiger charge is -2.33. The molecule has 0 saturated carbocycles. The van der Waals surface area contributed by atoms with Crippen molar-refractivity contribution in [2.45, 2.75) is 38.6 Å². The standard InChI is InChI=1S/C20H26N2O4/c1-2-26-20(25)16-9-11-21(12-10-16)17-14-18(23)22(19(17)24)13-8-15-6-4-3-5-7-15/h3-7,16-17H,2,8-14H2,1H3. The van der Waals surface area contributed by atoms with Crippen molar-refractivity contribution in [3.8, 4) is 0 Å². The second kappa shape index (κ2) is 8.45. The SMILES string of the molecule is CCOC(=O)C1CCN(C2CC(=O)N(CCc3ccccc3)C2=O)CC1. The second-order valence-electron chi connectivity index (χ2n) is 6.90. The van der Waals surface area contributed by atoms with Gasteiger partial charge in [-0.2, -0.15) is 0 Å². The highest BCUT2D eigenvalue weighted by Gasteiger charge is 2.42. The van der Waals surface area contributed by atoms with Crippen LogP contribution < -0.4 is 0 Å². The summed E-state index contributed by atoms with van der Waals surface area (Å²) in [5.41, 5.74) is 1.12. The Bertz CT molecular complexity index is 653. The topological polar surface area (TPSA) is 66.9 Å². The van der Waals surface area contributed by atoms with E-state index >= 15 is 0 Å². The zero-order chi connectivity index (χ0) is 18.5. The maximum Gasteiger partial charge on any atom is 0.309 e. The van der Waals surface area contributed by atoms with E-state index in [-0.39, 0.29) is 36.2 Å². The maximum atomic E-state index is 12.7. The quantitative estimate of drug-likeness (QED) is 0.571. The second-order valence-corrected chi connectivity index (χ2v) is 6.90. The lowest BCUT2D eigenvalue weighted by Crippen LogP contribution is -2.47. The van der Waals surface area contributed by atoms with Crippen molar-refractivity contribution >= 4 is 17.8 Å². The molecule has 0 radical (unpaired) electrons. The van der Waals surface area contributed by atoms with Crippen LogP contribution >= 0.6 is 0 Å². The van der Waals surface area contributed by atoms with Gasteiger partial charge in [0, 0.05) is 6.54 Å². The molecule has 140 valence electrons. The normalized spacial score (nSPS) is 22.0. The average molecular weight is 358 g/mol. The van der Waals surface area contributed by atoms with E-state index in [4.69, 9.17) is 4.74 Å². The van der Waals surface area contributed by atoms with Crippen LogP contribution in [0.1, 0.15) is 31.7 Å². The van der Waals surface area contributed by atoms with Crippen LogP contribution in [0.2, 0.25) is 0 Å². The van der Waals surface area contributed by atoms with E-state index in [0.29, 0.717) is 45.5 Å². The number of carbonyl (C=O) groups is 3.